The van der Waals surface area contributed by atoms with Crippen molar-refractivity contribution in [3.05, 3.63) is 89.1 Å². The summed E-state index contributed by atoms with van der Waals surface area (Å²) in [6.45, 7) is 2.58. The fourth-order valence-corrected chi connectivity index (χ4v) is 5.18. The number of alkyl halides is 4. The van der Waals surface area contributed by atoms with Gasteiger partial charge in [0.25, 0.3) is 5.91 Å². The number of fused-ring (bicyclic) bond motifs is 1. The van der Waals surface area contributed by atoms with Crippen LogP contribution in [0.4, 0.5) is 30.2 Å². The van der Waals surface area contributed by atoms with Crippen molar-refractivity contribution < 1.29 is 32.3 Å². The number of benzene rings is 3. The molecule has 0 saturated heterocycles. The summed E-state index contributed by atoms with van der Waals surface area (Å²) in [7, 11) is 0. The Morgan fingerprint density at radius 2 is 1.57 bits per heavy atom. The number of halogens is 5. The Kier molecular flexibility index (Phi) is 9.26. The van der Waals surface area contributed by atoms with E-state index >= 15 is 0 Å². The molecule has 0 radical (unpaired) electrons. The van der Waals surface area contributed by atoms with Gasteiger partial charge < -0.3 is 20.7 Å². The SMILES string of the molecule is CC(=O)NC(I)(Cc1ccc(OC(C)=O)cc1)C(=O)Nc1ccc(Nc2cc(C(F)(F)F)nc3ccc(Cl)cc23)cc1. The van der Waals surface area contributed by atoms with Gasteiger partial charge in [-0.2, -0.15) is 13.2 Å². The maximum absolute atomic E-state index is 13.5. The minimum atomic E-state index is -4.65. The number of carbonyl (C=O) groups excluding carboxylic acids is 3. The number of hydrogen-bond donors (Lipinski definition) is 3. The lowest BCUT2D eigenvalue weighted by Crippen LogP contribution is -2.53. The summed E-state index contributed by atoms with van der Waals surface area (Å²) in [6, 6.07) is 18.1. The van der Waals surface area contributed by atoms with Gasteiger partial charge in [-0.3, -0.25) is 14.4 Å². The molecule has 0 spiro atoms. The van der Waals surface area contributed by atoms with Gasteiger partial charge in [0, 0.05) is 42.1 Å². The lowest BCUT2D eigenvalue weighted by molar-refractivity contribution is -0.141. The van der Waals surface area contributed by atoms with E-state index in [0.29, 0.717) is 33.1 Å². The Bertz CT molecular complexity index is 1650. The Labute approximate surface area is 257 Å². The normalized spacial score (nSPS) is 12.7. The van der Waals surface area contributed by atoms with Crippen molar-refractivity contribution in [2.24, 2.45) is 0 Å². The van der Waals surface area contributed by atoms with Crippen LogP contribution < -0.4 is 20.7 Å². The number of carbonyl (C=O) groups is 3. The Morgan fingerprint density at radius 1 is 0.929 bits per heavy atom. The predicted octanol–water partition coefficient (Wildman–Crippen LogP) is 7.02. The largest absolute Gasteiger partial charge is 0.433 e. The van der Waals surface area contributed by atoms with Gasteiger partial charge in [0.05, 0.1) is 11.2 Å². The van der Waals surface area contributed by atoms with E-state index in [1.165, 1.54) is 32.0 Å². The van der Waals surface area contributed by atoms with Crippen molar-refractivity contribution in [1.82, 2.24) is 10.3 Å². The molecule has 0 bridgehead atoms. The molecular weight excluding hydrogens is 688 g/mol. The highest BCUT2D eigenvalue weighted by molar-refractivity contribution is 14.1. The second-order valence-corrected chi connectivity index (χ2v) is 11.5. The van der Waals surface area contributed by atoms with E-state index < -0.39 is 33.2 Å². The molecule has 1 unspecified atom stereocenters. The first-order valence-corrected chi connectivity index (χ1v) is 13.8. The number of rotatable bonds is 8. The molecule has 4 aromatic rings. The first-order chi connectivity index (χ1) is 19.7. The molecule has 0 saturated carbocycles. The molecule has 3 N–H and O–H groups in total. The van der Waals surface area contributed by atoms with Crippen molar-refractivity contribution in [3.63, 3.8) is 0 Å². The van der Waals surface area contributed by atoms with Gasteiger partial charge in [-0.25, -0.2) is 4.98 Å². The number of aromatic nitrogens is 1. The van der Waals surface area contributed by atoms with Gasteiger partial charge in [-0.15, -0.1) is 0 Å². The Morgan fingerprint density at radius 3 is 2.17 bits per heavy atom. The van der Waals surface area contributed by atoms with Crippen LogP contribution in [0.3, 0.4) is 0 Å². The molecule has 1 heterocycles. The summed E-state index contributed by atoms with van der Waals surface area (Å²) >= 11 is 7.94. The quantitative estimate of drug-likeness (QED) is 0.0596. The monoisotopic (exact) mass is 710 g/mol. The number of anilines is 3. The molecule has 1 atom stereocenters. The number of nitrogens with one attached hydrogen (secondary N) is 3. The maximum Gasteiger partial charge on any atom is 0.433 e. The van der Waals surface area contributed by atoms with Crippen LogP contribution in [0, 0.1) is 0 Å². The molecular formula is C29H23ClF3IN4O4. The van der Waals surface area contributed by atoms with Gasteiger partial charge in [0.2, 0.25) is 5.91 Å². The smallest absolute Gasteiger partial charge is 0.427 e. The third-order valence-corrected chi connectivity index (χ3v) is 7.23. The number of amides is 2. The average molecular weight is 711 g/mol. The fraction of sp³-hybridized carbons (Fsp3) is 0.172. The number of nitrogens with zero attached hydrogens (tertiary/aromatic N) is 1. The van der Waals surface area contributed by atoms with Crippen molar-refractivity contribution >= 4 is 79.9 Å². The van der Waals surface area contributed by atoms with E-state index in [0.717, 1.165) is 6.07 Å². The maximum atomic E-state index is 13.5. The van der Waals surface area contributed by atoms with Crippen LogP contribution in [0.1, 0.15) is 25.1 Å². The topological polar surface area (TPSA) is 109 Å². The van der Waals surface area contributed by atoms with Crippen LogP contribution >= 0.6 is 34.2 Å². The van der Waals surface area contributed by atoms with E-state index in [1.54, 1.807) is 48.5 Å². The zero-order valence-corrected chi connectivity index (χ0v) is 25.0. The van der Waals surface area contributed by atoms with E-state index in [1.807, 2.05) is 22.6 Å². The first kappa shape index (κ1) is 31.0. The molecule has 3 aromatic carbocycles. The Hall–Kier alpha value is -3.91. The number of hydrogen-bond acceptors (Lipinski definition) is 6. The first-order valence-electron chi connectivity index (χ1n) is 12.3. The van der Waals surface area contributed by atoms with Crippen molar-refractivity contribution in [3.8, 4) is 5.75 Å². The van der Waals surface area contributed by atoms with Gasteiger partial charge in [-0.1, -0.05) is 23.7 Å². The van der Waals surface area contributed by atoms with Crippen LogP contribution in [0.5, 0.6) is 5.75 Å². The molecule has 8 nitrogen and oxygen atoms in total. The minimum Gasteiger partial charge on any atom is -0.427 e. The van der Waals surface area contributed by atoms with Crippen molar-refractivity contribution in [2.75, 3.05) is 10.6 Å². The zero-order valence-electron chi connectivity index (χ0n) is 22.1. The molecule has 218 valence electrons. The van der Waals surface area contributed by atoms with Gasteiger partial charge in [-0.05, 0) is 88.8 Å². The predicted molar refractivity (Wildman–Crippen MR) is 162 cm³/mol. The molecule has 1 aromatic heterocycles. The highest BCUT2D eigenvalue weighted by Crippen LogP contribution is 2.35. The highest BCUT2D eigenvalue weighted by atomic mass is 127. The number of pyridine rings is 1. The summed E-state index contributed by atoms with van der Waals surface area (Å²) in [5.74, 6) is -1.04. The van der Waals surface area contributed by atoms with Crippen LogP contribution in [-0.4, -0.2) is 26.3 Å². The van der Waals surface area contributed by atoms with Crippen LogP contribution in [0.2, 0.25) is 5.02 Å². The molecule has 0 aliphatic carbocycles. The van der Waals surface area contributed by atoms with Crippen molar-refractivity contribution in [1.29, 1.82) is 0 Å². The zero-order chi connectivity index (χ0) is 30.7. The fourth-order valence-electron chi connectivity index (χ4n) is 4.05. The van der Waals surface area contributed by atoms with Crippen LogP contribution in [0.25, 0.3) is 10.9 Å². The molecule has 42 heavy (non-hydrogen) atoms. The number of esters is 1. The van der Waals surface area contributed by atoms with Gasteiger partial charge >= 0.3 is 12.1 Å². The van der Waals surface area contributed by atoms with E-state index in [4.69, 9.17) is 16.3 Å². The van der Waals surface area contributed by atoms with E-state index in [9.17, 15) is 27.6 Å². The molecule has 13 heteroatoms. The lowest BCUT2D eigenvalue weighted by Gasteiger charge is -2.27. The van der Waals surface area contributed by atoms with Crippen LogP contribution in [0.15, 0.2) is 72.8 Å². The Balaban J connectivity index is 1.53. The second kappa shape index (κ2) is 12.5. The molecule has 0 aliphatic heterocycles. The average Bonchev–Trinajstić information content (AvgIpc) is 2.89. The summed E-state index contributed by atoms with van der Waals surface area (Å²) in [5, 5.41) is 9.17. The second-order valence-electron chi connectivity index (χ2n) is 9.27. The summed E-state index contributed by atoms with van der Waals surface area (Å²) in [5.41, 5.74) is 0.763. The van der Waals surface area contributed by atoms with E-state index in [2.05, 4.69) is 20.9 Å². The standard InChI is InChI=1S/C29H23ClF3IN4O4/c1-16(39)38-28(34,15-18-3-10-22(11-4-18)42-17(2)40)27(41)36-21-8-6-20(7-9-21)35-25-14-26(29(31,32)33)37-24-12-5-19(30)13-23(24)25/h3-14H,15H2,1-2H3,(H,35,37)(H,36,41)(H,38,39). The highest BCUT2D eigenvalue weighted by Gasteiger charge is 2.37. The third-order valence-electron chi connectivity index (χ3n) is 5.85. The summed E-state index contributed by atoms with van der Waals surface area (Å²) in [6.07, 6.45) is -4.53. The summed E-state index contributed by atoms with van der Waals surface area (Å²) < 4.78 is 44.1. The van der Waals surface area contributed by atoms with E-state index in [-0.39, 0.29) is 17.6 Å². The molecule has 2 amide bonds. The minimum absolute atomic E-state index is 0.123. The lowest BCUT2D eigenvalue weighted by atomic mass is 10.0. The molecule has 0 fully saturated rings. The van der Waals surface area contributed by atoms with Gasteiger partial charge in [0.1, 0.15) is 11.4 Å². The summed E-state index contributed by atoms with van der Waals surface area (Å²) in [4.78, 5) is 40.1. The van der Waals surface area contributed by atoms with Crippen molar-refractivity contribution in [2.45, 2.75) is 30.0 Å². The van der Waals surface area contributed by atoms with Gasteiger partial charge in [0.15, 0.2) is 3.55 Å². The van der Waals surface area contributed by atoms with Crippen LogP contribution in [-0.2, 0) is 27.0 Å². The third kappa shape index (κ3) is 7.88. The molecule has 0 aliphatic rings. The molecule has 4 rings (SSSR count). The number of ether oxygens (including phenoxy) is 1.